The van der Waals surface area contributed by atoms with Gasteiger partial charge in [0.25, 0.3) is 5.91 Å². The number of carbonyl (C=O) groups is 1. The molecule has 0 spiro atoms. The van der Waals surface area contributed by atoms with Gasteiger partial charge in [-0.1, -0.05) is 27.5 Å². The van der Waals surface area contributed by atoms with E-state index in [2.05, 4.69) is 37.2 Å². The maximum Gasteiger partial charge on any atom is 0.417 e. The van der Waals surface area contributed by atoms with Crippen molar-refractivity contribution in [2.45, 2.75) is 19.2 Å². The predicted molar refractivity (Wildman–Crippen MR) is 97.0 cm³/mol. The van der Waals surface area contributed by atoms with Crippen molar-refractivity contribution in [2.75, 3.05) is 5.32 Å². The molecule has 0 fully saturated rings. The lowest BCUT2D eigenvalue weighted by atomic mass is 10.2. The van der Waals surface area contributed by atoms with E-state index in [1.54, 1.807) is 18.2 Å². The molecule has 9 heteroatoms. The van der Waals surface area contributed by atoms with Crippen molar-refractivity contribution < 1.29 is 22.7 Å². The minimum absolute atomic E-state index is 0.0213. The van der Waals surface area contributed by atoms with Crippen LogP contribution in [0.4, 0.5) is 18.9 Å². The van der Waals surface area contributed by atoms with Crippen LogP contribution in [0.25, 0.3) is 0 Å². The molecule has 0 aliphatic rings. The van der Waals surface area contributed by atoms with Gasteiger partial charge >= 0.3 is 6.18 Å². The van der Waals surface area contributed by atoms with Crippen molar-refractivity contribution >= 4 is 55.1 Å². The number of amides is 1. The van der Waals surface area contributed by atoms with Gasteiger partial charge < -0.3 is 10.1 Å². The largest absolute Gasteiger partial charge is 0.480 e. The SMILES string of the molecule is C[C@@H](Oc1ccc(Br)cc1Br)C(=O)Nc1ccc(Cl)c(C(F)(F)F)c1. The molecular weight excluding hydrogens is 490 g/mol. The third kappa shape index (κ3) is 5.36. The summed E-state index contributed by atoms with van der Waals surface area (Å²) >= 11 is 12.2. The molecular formula is C16H11Br2ClF3NO2. The molecule has 0 saturated carbocycles. The lowest BCUT2D eigenvalue weighted by Crippen LogP contribution is -2.30. The van der Waals surface area contributed by atoms with Crippen molar-refractivity contribution in [1.29, 1.82) is 0 Å². The molecule has 0 heterocycles. The Hall–Kier alpha value is -1.25. The molecule has 2 rings (SSSR count). The molecule has 2 aromatic rings. The summed E-state index contributed by atoms with van der Waals surface area (Å²) < 4.78 is 45.6. The van der Waals surface area contributed by atoms with Crippen molar-refractivity contribution in [3.05, 3.63) is 55.9 Å². The number of carbonyl (C=O) groups excluding carboxylic acids is 1. The number of rotatable bonds is 4. The highest BCUT2D eigenvalue weighted by molar-refractivity contribution is 9.11. The van der Waals surface area contributed by atoms with E-state index >= 15 is 0 Å². The average Bonchev–Trinajstić information content (AvgIpc) is 2.50. The second-order valence-electron chi connectivity index (χ2n) is 5.02. The fraction of sp³-hybridized carbons (Fsp3) is 0.188. The van der Waals surface area contributed by atoms with E-state index in [-0.39, 0.29) is 5.69 Å². The zero-order chi connectivity index (χ0) is 18.8. The Morgan fingerprint density at radius 3 is 2.48 bits per heavy atom. The van der Waals surface area contributed by atoms with Crippen LogP contribution in [0, 0.1) is 0 Å². The standard InChI is InChI=1S/C16H11Br2ClF3NO2/c1-8(25-14-5-2-9(17)6-12(14)18)15(24)23-10-3-4-13(19)11(7-10)16(20,21)22/h2-8H,1H3,(H,23,24)/t8-/m1/s1. The van der Waals surface area contributed by atoms with Gasteiger partial charge in [0.15, 0.2) is 6.10 Å². The molecule has 0 aliphatic carbocycles. The number of alkyl halides is 3. The first-order valence-corrected chi connectivity index (χ1v) is 8.83. The number of hydrogen-bond acceptors (Lipinski definition) is 2. The van der Waals surface area contributed by atoms with Gasteiger partial charge in [0.1, 0.15) is 5.75 Å². The van der Waals surface area contributed by atoms with Crippen molar-refractivity contribution in [1.82, 2.24) is 0 Å². The molecule has 0 saturated heterocycles. The van der Waals surface area contributed by atoms with E-state index in [1.165, 1.54) is 13.0 Å². The van der Waals surface area contributed by atoms with Crippen LogP contribution in [-0.2, 0) is 11.0 Å². The summed E-state index contributed by atoms with van der Waals surface area (Å²) in [5.74, 6) is -0.164. The van der Waals surface area contributed by atoms with Crippen LogP contribution in [0.2, 0.25) is 5.02 Å². The Kier molecular flexibility index (Phi) is 6.40. The Labute approximate surface area is 163 Å². The Morgan fingerprint density at radius 1 is 1.20 bits per heavy atom. The number of anilines is 1. The van der Waals surface area contributed by atoms with E-state index < -0.39 is 28.8 Å². The predicted octanol–water partition coefficient (Wildman–Crippen LogP) is 6.29. The molecule has 2 aromatic carbocycles. The third-order valence-corrected chi connectivity index (χ3v) is 4.55. The fourth-order valence-electron chi connectivity index (χ4n) is 1.88. The van der Waals surface area contributed by atoms with Crippen LogP contribution in [0.15, 0.2) is 45.3 Å². The minimum atomic E-state index is -4.61. The minimum Gasteiger partial charge on any atom is -0.480 e. The van der Waals surface area contributed by atoms with Gasteiger partial charge in [0, 0.05) is 10.2 Å². The molecule has 1 N–H and O–H groups in total. The number of ether oxygens (including phenoxy) is 1. The highest BCUT2D eigenvalue weighted by atomic mass is 79.9. The van der Waals surface area contributed by atoms with Crippen LogP contribution in [0.3, 0.4) is 0 Å². The fourth-order valence-corrected chi connectivity index (χ4v) is 3.24. The lowest BCUT2D eigenvalue weighted by molar-refractivity contribution is -0.137. The summed E-state index contributed by atoms with van der Waals surface area (Å²) in [6.45, 7) is 1.49. The molecule has 0 bridgehead atoms. The highest BCUT2D eigenvalue weighted by Crippen LogP contribution is 2.36. The molecule has 0 aromatic heterocycles. The van der Waals surface area contributed by atoms with E-state index in [4.69, 9.17) is 16.3 Å². The first kappa shape index (κ1) is 20.1. The highest BCUT2D eigenvalue weighted by Gasteiger charge is 2.33. The second kappa shape index (κ2) is 7.97. The van der Waals surface area contributed by atoms with E-state index in [0.717, 1.165) is 16.6 Å². The maximum atomic E-state index is 12.9. The summed E-state index contributed by atoms with van der Waals surface area (Å²) in [7, 11) is 0. The quantitative estimate of drug-likeness (QED) is 0.535. The Bertz CT molecular complexity index is 799. The number of halogens is 6. The van der Waals surface area contributed by atoms with E-state index in [9.17, 15) is 18.0 Å². The smallest absolute Gasteiger partial charge is 0.417 e. The Morgan fingerprint density at radius 2 is 1.88 bits per heavy atom. The summed E-state index contributed by atoms with van der Waals surface area (Å²) in [6.07, 6.45) is -5.54. The molecule has 25 heavy (non-hydrogen) atoms. The van der Waals surface area contributed by atoms with E-state index in [1.807, 2.05) is 0 Å². The Balaban J connectivity index is 2.11. The number of nitrogens with one attached hydrogen (secondary N) is 1. The van der Waals surface area contributed by atoms with Crippen LogP contribution >= 0.6 is 43.5 Å². The molecule has 0 unspecified atom stereocenters. The topological polar surface area (TPSA) is 38.3 Å². The normalized spacial score (nSPS) is 12.6. The van der Waals surface area contributed by atoms with Gasteiger partial charge in [-0.25, -0.2) is 0 Å². The van der Waals surface area contributed by atoms with Gasteiger partial charge in [-0.05, 0) is 59.3 Å². The number of benzene rings is 2. The van der Waals surface area contributed by atoms with Gasteiger partial charge in [-0.3, -0.25) is 4.79 Å². The van der Waals surface area contributed by atoms with Gasteiger partial charge in [0.2, 0.25) is 0 Å². The van der Waals surface area contributed by atoms with Crippen molar-refractivity contribution in [2.24, 2.45) is 0 Å². The number of hydrogen-bond donors (Lipinski definition) is 1. The van der Waals surface area contributed by atoms with Crippen LogP contribution in [0.1, 0.15) is 12.5 Å². The van der Waals surface area contributed by atoms with Crippen molar-refractivity contribution in [3.63, 3.8) is 0 Å². The first-order chi connectivity index (χ1) is 11.6. The molecule has 1 amide bonds. The molecule has 134 valence electrons. The zero-order valence-corrected chi connectivity index (χ0v) is 16.6. The summed E-state index contributed by atoms with van der Waals surface area (Å²) in [4.78, 5) is 12.2. The maximum absolute atomic E-state index is 12.9. The van der Waals surface area contributed by atoms with Crippen molar-refractivity contribution in [3.8, 4) is 5.75 Å². The zero-order valence-electron chi connectivity index (χ0n) is 12.6. The second-order valence-corrected chi connectivity index (χ2v) is 7.19. The van der Waals surface area contributed by atoms with Crippen LogP contribution < -0.4 is 10.1 Å². The summed E-state index contributed by atoms with van der Waals surface area (Å²) in [5, 5.41) is 1.95. The molecule has 3 nitrogen and oxygen atoms in total. The van der Waals surface area contributed by atoms with Gasteiger partial charge in [-0.2, -0.15) is 13.2 Å². The summed E-state index contributed by atoms with van der Waals surface area (Å²) in [5.41, 5.74) is -1.04. The summed E-state index contributed by atoms with van der Waals surface area (Å²) in [6, 6.07) is 8.29. The third-order valence-electron chi connectivity index (χ3n) is 3.11. The average molecular weight is 502 g/mol. The molecule has 0 aliphatic heterocycles. The van der Waals surface area contributed by atoms with Crippen LogP contribution in [-0.4, -0.2) is 12.0 Å². The van der Waals surface area contributed by atoms with Crippen LogP contribution in [0.5, 0.6) is 5.75 Å². The monoisotopic (exact) mass is 499 g/mol. The molecule has 0 radical (unpaired) electrons. The van der Waals surface area contributed by atoms with Gasteiger partial charge in [-0.15, -0.1) is 0 Å². The van der Waals surface area contributed by atoms with Gasteiger partial charge in [0.05, 0.1) is 15.1 Å². The lowest BCUT2D eigenvalue weighted by Gasteiger charge is -2.17. The molecule has 1 atom stereocenters. The van der Waals surface area contributed by atoms with E-state index in [0.29, 0.717) is 10.2 Å². The first-order valence-electron chi connectivity index (χ1n) is 6.87.